The standard InChI is InChI=1S/C11H17N3O2/c1-13(4-5-15)11(16)10-6-8(12)7-14(10)9-2-3-9/h6-7,9,15H,2-5,12H2,1H3. The number of carbonyl (C=O) groups is 1. The lowest BCUT2D eigenvalue weighted by atomic mass is 10.3. The zero-order valence-corrected chi connectivity index (χ0v) is 9.39. The fraction of sp³-hybridized carbons (Fsp3) is 0.545. The fourth-order valence-corrected chi connectivity index (χ4v) is 1.77. The minimum Gasteiger partial charge on any atom is -0.397 e. The molecule has 3 N–H and O–H groups in total. The van der Waals surface area contributed by atoms with E-state index in [0.717, 1.165) is 12.8 Å². The zero-order valence-electron chi connectivity index (χ0n) is 9.39. The molecule has 1 fully saturated rings. The molecule has 0 bridgehead atoms. The van der Waals surface area contributed by atoms with Crippen molar-refractivity contribution in [1.82, 2.24) is 9.47 Å². The van der Waals surface area contributed by atoms with Crippen molar-refractivity contribution in [2.75, 3.05) is 25.9 Å². The van der Waals surface area contributed by atoms with Crippen LogP contribution in [0, 0.1) is 0 Å². The van der Waals surface area contributed by atoms with Gasteiger partial charge in [0.05, 0.1) is 12.3 Å². The van der Waals surface area contributed by atoms with Crippen molar-refractivity contribution in [3.8, 4) is 0 Å². The summed E-state index contributed by atoms with van der Waals surface area (Å²) in [5.41, 5.74) is 6.96. The number of nitrogens with two attached hydrogens (primary N) is 1. The van der Waals surface area contributed by atoms with Gasteiger partial charge in [-0.05, 0) is 18.9 Å². The summed E-state index contributed by atoms with van der Waals surface area (Å²) in [6.45, 7) is 0.316. The highest BCUT2D eigenvalue weighted by atomic mass is 16.3. The van der Waals surface area contributed by atoms with E-state index in [2.05, 4.69) is 0 Å². The monoisotopic (exact) mass is 223 g/mol. The Morgan fingerprint density at radius 3 is 2.94 bits per heavy atom. The average Bonchev–Trinajstić information content (AvgIpc) is 3.01. The molecule has 0 atom stereocenters. The summed E-state index contributed by atoms with van der Waals surface area (Å²) in [6, 6.07) is 2.13. The third kappa shape index (κ3) is 2.04. The molecule has 5 nitrogen and oxygen atoms in total. The summed E-state index contributed by atoms with van der Waals surface area (Å²) in [7, 11) is 1.68. The van der Waals surface area contributed by atoms with E-state index in [4.69, 9.17) is 10.8 Å². The number of aliphatic hydroxyl groups is 1. The minimum atomic E-state index is -0.0855. The lowest BCUT2D eigenvalue weighted by molar-refractivity contribution is 0.0756. The Kier molecular flexibility index (Phi) is 2.87. The summed E-state index contributed by atoms with van der Waals surface area (Å²) in [5.74, 6) is -0.0855. The van der Waals surface area contributed by atoms with Crippen molar-refractivity contribution in [3.63, 3.8) is 0 Å². The van der Waals surface area contributed by atoms with E-state index in [-0.39, 0.29) is 12.5 Å². The van der Waals surface area contributed by atoms with Gasteiger partial charge in [-0.1, -0.05) is 0 Å². The normalized spacial score (nSPS) is 15.1. The summed E-state index contributed by atoms with van der Waals surface area (Å²) in [5, 5.41) is 8.80. The Hall–Kier alpha value is -1.49. The molecule has 0 aromatic carbocycles. The lowest BCUT2D eigenvalue weighted by Gasteiger charge is -2.16. The van der Waals surface area contributed by atoms with Gasteiger partial charge >= 0.3 is 0 Å². The number of aliphatic hydroxyl groups excluding tert-OH is 1. The highest BCUT2D eigenvalue weighted by molar-refractivity contribution is 5.93. The Balaban J connectivity index is 2.21. The molecule has 1 aromatic rings. The lowest BCUT2D eigenvalue weighted by Crippen LogP contribution is -2.31. The van der Waals surface area contributed by atoms with E-state index in [1.54, 1.807) is 13.1 Å². The van der Waals surface area contributed by atoms with Gasteiger partial charge in [0.2, 0.25) is 0 Å². The van der Waals surface area contributed by atoms with Gasteiger partial charge in [-0.3, -0.25) is 4.79 Å². The number of aromatic nitrogens is 1. The summed E-state index contributed by atoms with van der Waals surface area (Å²) in [6.07, 6.45) is 4.04. The van der Waals surface area contributed by atoms with Crippen LogP contribution in [0.15, 0.2) is 12.3 Å². The number of hydrogen-bond acceptors (Lipinski definition) is 3. The van der Waals surface area contributed by atoms with Crippen LogP contribution in [0.3, 0.4) is 0 Å². The summed E-state index contributed by atoms with van der Waals surface area (Å²) >= 11 is 0. The largest absolute Gasteiger partial charge is 0.397 e. The van der Waals surface area contributed by atoms with E-state index in [1.807, 2.05) is 10.8 Å². The maximum atomic E-state index is 12.0. The molecule has 88 valence electrons. The van der Waals surface area contributed by atoms with Crippen LogP contribution in [0.1, 0.15) is 29.4 Å². The molecule has 5 heteroatoms. The number of hydrogen-bond donors (Lipinski definition) is 2. The van der Waals surface area contributed by atoms with E-state index in [0.29, 0.717) is 24.0 Å². The third-order valence-electron chi connectivity index (χ3n) is 2.81. The van der Waals surface area contributed by atoms with E-state index in [9.17, 15) is 4.79 Å². The predicted molar refractivity (Wildman–Crippen MR) is 61.2 cm³/mol. The first kappa shape index (κ1) is 11.0. The molecule has 0 unspecified atom stereocenters. The molecule has 2 rings (SSSR count). The number of anilines is 1. The third-order valence-corrected chi connectivity index (χ3v) is 2.81. The summed E-state index contributed by atoms with van der Waals surface area (Å²) in [4.78, 5) is 13.5. The molecule has 1 amide bonds. The highest BCUT2D eigenvalue weighted by Crippen LogP contribution is 2.37. The number of rotatable bonds is 4. The Labute approximate surface area is 94.5 Å². The molecule has 1 aliphatic carbocycles. The van der Waals surface area contributed by atoms with E-state index < -0.39 is 0 Å². The van der Waals surface area contributed by atoms with Crippen LogP contribution in [-0.4, -0.2) is 40.7 Å². The van der Waals surface area contributed by atoms with Crippen molar-refractivity contribution < 1.29 is 9.90 Å². The number of nitrogen functional groups attached to an aromatic ring is 1. The molecule has 0 aliphatic heterocycles. The number of amides is 1. The smallest absolute Gasteiger partial charge is 0.270 e. The van der Waals surface area contributed by atoms with Crippen LogP contribution in [0.2, 0.25) is 0 Å². The highest BCUT2D eigenvalue weighted by Gasteiger charge is 2.28. The van der Waals surface area contributed by atoms with Gasteiger partial charge in [-0.25, -0.2) is 0 Å². The van der Waals surface area contributed by atoms with Gasteiger partial charge in [0.25, 0.3) is 5.91 Å². The first-order valence-corrected chi connectivity index (χ1v) is 5.47. The molecular formula is C11H17N3O2. The first-order chi connectivity index (χ1) is 7.63. The second-order valence-corrected chi connectivity index (χ2v) is 4.25. The van der Waals surface area contributed by atoms with Crippen LogP contribution in [0.4, 0.5) is 5.69 Å². The van der Waals surface area contributed by atoms with Gasteiger partial charge in [-0.2, -0.15) is 0 Å². The molecule has 16 heavy (non-hydrogen) atoms. The second-order valence-electron chi connectivity index (χ2n) is 4.25. The quantitative estimate of drug-likeness (QED) is 0.779. The molecule has 1 aliphatic rings. The SMILES string of the molecule is CN(CCO)C(=O)c1cc(N)cn1C1CC1. The first-order valence-electron chi connectivity index (χ1n) is 5.47. The Bertz CT molecular complexity index is 396. The maximum absolute atomic E-state index is 12.0. The Morgan fingerprint density at radius 1 is 1.69 bits per heavy atom. The van der Waals surface area contributed by atoms with Crippen molar-refractivity contribution in [2.24, 2.45) is 0 Å². The molecule has 1 aromatic heterocycles. The number of carbonyl (C=O) groups excluding carboxylic acids is 1. The van der Waals surface area contributed by atoms with Gasteiger partial charge < -0.3 is 20.3 Å². The van der Waals surface area contributed by atoms with E-state index >= 15 is 0 Å². The van der Waals surface area contributed by atoms with Crippen molar-refractivity contribution >= 4 is 11.6 Å². The van der Waals surface area contributed by atoms with Crippen LogP contribution < -0.4 is 5.73 Å². The summed E-state index contributed by atoms with van der Waals surface area (Å²) < 4.78 is 1.95. The minimum absolute atomic E-state index is 0.0259. The zero-order chi connectivity index (χ0) is 11.7. The number of nitrogens with zero attached hydrogens (tertiary/aromatic N) is 2. The molecular weight excluding hydrogens is 206 g/mol. The predicted octanol–water partition coefficient (Wildman–Crippen LogP) is 0.469. The number of likely N-dealkylation sites (N-methyl/N-ethyl adjacent to an activating group) is 1. The Morgan fingerprint density at radius 2 is 2.38 bits per heavy atom. The van der Waals surface area contributed by atoms with Crippen LogP contribution in [0.25, 0.3) is 0 Å². The van der Waals surface area contributed by atoms with Gasteiger partial charge in [0.1, 0.15) is 5.69 Å². The van der Waals surface area contributed by atoms with Crippen LogP contribution in [0.5, 0.6) is 0 Å². The molecule has 0 saturated heterocycles. The van der Waals surface area contributed by atoms with Crippen molar-refractivity contribution in [3.05, 3.63) is 18.0 Å². The van der Waals surface area contributed by atoms with Gasteiger partial charge in [-0.15, -0.1) is 0 Å². The molecule has 1 saturated carbocycles. The van der Waals surface area contributed by atoms with Gasteiger partial charge in [0.15, 0.2) is 0 Å². The maximum Gasteiger partial charge on any atom is 0.270 e. The average molecular weight is 223 g/mol. The van der Waals surface area contributed by atoms with Crippen LogP contribution in [-0.2, 0) is 0 Å². The second kappa shape index (κ2) is 4.17. The molecule has 1 heterocycles. The fourth-order valence-electron chi connectivity index (χ4n) is 1.77. The van der Waals surface area contributed by atoms with Crippen LogP contribution >= 0.6 is 0 Å². The molecule has 0 spiro atoms. The van der Waals surface area contributed by atoms with Gasteiger partial charge in [0, 0.05) is 25.8 Å². The van der Waals surface area contributed by atoms with Crippen molar-refractivity contribution in [1.29, 1.82) is 0 Å². The van der Waals surface area contributed by atoms with E-state index in [1.165, 1.54) is 4.90 Å². The molecule has 0 radical (unpaired) electrons. The van der Waals surface area contributed by atoms with Crippen molar-refractivity contribution in [2.45, 2.75) is 18.9 Å². The topological polar surface area (TPSA) is 71.5 Å².